The molecule has 2 N–H and O–H groups in total. The lowest BCUT2D eigenvalue weighted by atomic mass is 9.33. The first-order valence-corrected chi connectivity index (χ1v) is 13.8. The first kappa shape index (κ1) is 23.9. The summed E-state index contributed by atoms with van der Waals surface area (Å²) < 4.78 is 0. The number of carboxylic acid groups (broad SMARTS) is 1. The summed E-state index contributed by atoms with van der Waals surface area (Å²) in [6.07, 6.45) is 13.2. The number of allylic oxidation sites excluding steroid dienone is 2. The van der Waals surface area contributed by atoms with Crippen LogP contribution >= 0.6 is 0 Å². The molecule has 0 heterocycles. The number of rotatable bonds is 1. The molecular weight excluding hydrogens is 408 g/mol. The molecule has 33 heavy (non-hydrogen) atoms. The van der Waals surface area contributed by atoms with E-state index in [1.54, 1.807) is 5.57 Å². The van der Waals surface area contributed by atoms with E-state index in [0.29, 0.717) is 17.8 Å². The van der Waals surface area contributed by atoms with E-state index in [-0.39, 0.29) is 33.2 Å². The van der Waals surface area contributed by atoms with Crippen molar-refractivity contribution in [2.24, 2.45) is 50.2 Å². The lowest BCUT2D eigenvalue weighted by molar-refractivity contribution is -0.203. The number of carboxylic acids is 1. The third-order valence-corrected chi connectivity index (χ3v) is 13.3. The Morgan fingerprint density at radius 3 is 2.21 bits per heavy atom. The molecule has 0 aromatic heterocycles. The van der Waals surface area contributed by atoms with Gasteiger partial charge in [0.05, 0.1) is 11.5 Å². The van der Waals surface area contributed by atoms with Gasteiger partial charge >= 0.3 is 5.97 Å². The van der Waals surface area contributed by atoms with Crippen LogP contribution in [0.5, 0.6) is 0 Å². The van der Waals surface area contributed by atoms with Crippen molar-refractivity contribution in [1.82, 2.24) is 0 Å². The Labute approximate surface area is 201 Å². The standard InChI is InChI=1S/C30H48O3/c1-25(2)21-10-13-30(7)22(28(21,5)12-11-23(25)31)9-8-19-20-18-27(4,24(32)33)15-14-26(20,3)16-17-29(19,30)6/h8,20-23,31H,9-18H2,1-7H3,(H,32,33)/t20?,21?,22?,23-,26+,27+,28-,29+,30+/m0/s1. The maximum Gasteiger partial charge on any atom is 0.309 e. The number of carbonyl (C=O) groups is 1. The fraction of sp³-hybridized carbons (Fsp3) is 0.900. The molecule has 3 nitrogen and oxygen atoms in total. The number of aliphatic carboxylic acids is 1. The van der Waals surface area contributed by atoms with Gasteiger partial charge in [0.25, 0.3) is 0 Å². The maximum atomic E-state index is 12.2. The van der Waals surface area contributed by atoms with Crippen LogP contribution in [0.4, 0.5) is 0 Å². The van der Waals surface area contributed by atoms with Crippen LogP contribution in [0, 0.1) is 50.2 Å². The van der Waals surface area contributed by atoms with Crippen molar-refractivity contribution in [3.63, 3.8) is 0 Å². The predicted octanol–water partition coefficient (Wildman–Crippen LogP) is 7.23. The van der Waals surface area contributed by atoms with Crippen LogP contribution in [-0.2, 0) is 4.79 Å². The number of hydrogen-bond acceptors (Lipinski definition) is 2. The van der Waals surface area contributed by atoms with Gasteiger partial charge in [-0.25, -0.2) is 0 Å². The minimum Gasteiger partial charge on any atom is -0.481 e. The van der Waals surface area contributed by atoms with E-state index in [9.17, 15) is 15.0 Å². The lowest BCUT2D eigenvalue weighted by Gasteiger charge is -2.71. The highest BCUT2D eigenvalue weighted by molar-refractivity contribution is 5.74. The van der Waals surface area contributed by atoms with Crippen LogP contribution in [-0.4, -0.2) is 22.3 Å². The fourth-order valence-electron chi connectivity index (χ4n) is 10.5. The Balaban J connectivity index is 1.57. The number of fused-ring (bicyclic) bond motifs is 7. The summed E-state index contributed by atoms with van der Waals surface area (Å²) in [4.78, 5) is 12.2. The van der Waals surface area contributed by atoms with Crippen molar-refractivity contribution < 1.29 is 15.0 Å². The molecular formula is C30H48O3. The fourth-order valence-corrected chi connectivity index (χ4v) is 10.5. The van der Waals surface area contributed by atoms with Crippen molar-refractivity contribution in [2.45, 2.75) is 119 Å². The Morgan fingerprint density at radius 2 is 1.55 bits per heavy atom. The molecule has 0 saturated heterocycles. The van der Waals surface area contributed by atoms with E-state index in [1.807, 2.05) is 6.92 Å². The molecule has 5 rings (SSSR count). The predicted molar refractivity (Wildman–Crippen MR) is 133 cm³/mol. The molecule has 0 radical (unpaired) electrons. The molecule has 3 unspecified atom stereocenters. The van der Waals surface area contributed by atoms with Gasteiger partial charge in [0.1, 0.15) is 0 Å². The first-order valence-electron chi connectivity index (χ1n) is 13.8. The van der Waals surface area contributed by atoms with E-state index in [2.05, 4.69) is 47.6 Å². The molecule has 0 spiro atoms. The summed E-state index contributed by atoms with van der Waals surface area (Å²) >= 11 is 0. The maximum absolute atomic E-state index is 12.2. The molecule has 186 valence electrons. The van der Waals surface area contributed by atoms with Crippen LogP contribution in [0.2, 0.25) is 0 Å². The molecule has 5 aliphatic carbocycles. The molecule has 4 fully saturated rings. The second-order valence-electron chi connectivity index (χ2n) is 14.9. The van der Waals surface area contributed by atoms with Gasteiger partial charge < -0.3 is 10.2 Å². The minimum atomic E-state index is -0.603. The molecule has 9 atom stereocenters. The average molecular weight is 457 g/mol. The smallest absolute Gasteiger partial charge is 0.309 e. The number of aliphatic hydroxyl groups is 1. The molecule has 5 aliphatic rings. The first-order chi connectivity index (χ1) is 15.1. The van der Waals surface area contributed by atoms with Gasteiger partial charge in [0.2, 0.25) is 0 Å². The second-order valence-corrected chi connectivity index (χ2v) is 14.9. The summed E-state index contributed by atoms with van der Waals surface area (Å²) in [5.74, 6) is 1.01. The third kappa shape index (κ3) is 2.87. The van der Waals surface area contributed by atoms with Crippen molar-refractivity contribution in [2.75, 3.05) is 0 Å². The zero-order valence-corrected chi connectivity index (χ0v) is 22.3. The summed E-state index contributed by atoms with van der Waals surface area (Å²) in [5, 5.41) is 20.9. The van der Waals surface area contributed by atoms with Gasteiger partial charge in [-0.2, -0.15) is 0 Å². The van der Waals surface area contributed by atoms with E-state index in [4.69, 9.17) is 0 Å². The average Bonchev–Trinajstić information content (AvgIpc) is 2.73. The van der Waals surface area contributed by atoms with Crippen LogP contribution in [0.25, 0.3) is 0 Å². The summed E-state index contributed by atoms with van der Waals surface area (Å²) in [6, 6.07) is 0. The Bertz CT molecular complexity index is 889. The zero-order valence-electron chi connectivity index (χ0n) is 22.3. The van der Waals surface area contributed by atoms with E-state index in [1.165, 1.54) is 25.7 Å². The third-order valence-electron chi connectivity index (χ3n) is 13.3. The highest BCUT2D eigenvalue weighted by atomic mass is 16.4. The molecule has 0 aromatic carbocycles. The van der Waals surface area contributed by atoms with Crippen molar-refractivity contribution in [3.05, 3.63) is 11.6 Å². The summed E-state index contributed by atoms with van der Waals surface area (Å²) in [6.45, 7) is 16.8. The van der Waals surface area contributed by atoms with E-state index >= 15 is 0 Å². The Morgan fingerprint density at radius 1 is 0.879 bits per heavy atom. The molecule has 0 amide bonds. The number of hydrogen-bond donors (Lipinski definition) is 2. The highest BCUT2D eigenvalue weighted by Gasteiger charge is 2.68. The summed E-state index contributed by atoms with van der Waals surface area (Å²) in [5.41, 5.74) is 1.94. The van der Waals surface area contributed by atoms with Crippen LogP contribution in [0.15, 0.2) is 11.6 Å². The van der Waals surface area contributed by atoms with Crippen molar-refractivity contribution in [3.8, 4) is 0 Å². The summed E-state index contributed by atoms with van der Waals surface area (Å²) in [7, 11) is 0. The zero-order chi connectivity index (χ0) is 24.2. The molecule has 3 heteroatoms. The van der Waals surface area contributed by atoms with Gasteiger partial charge in [-0.05, 0) is 116 Å². The lowest BCUT2D eigenvalue weighted by Crippen LogP contribution is -2.64. The van der Waals surface area contributed by atoms with Gasteiger partial charge in [0.15, 0.2) is 0 Å². The Kier molecular flexibility index (Phi) is 4.99. The van der Waals surface area contributed by atoms with E-state index in [0.717, 1.165) is 38.5 Å². The largest absolute Gasteiger partial charge is 0.481 e. The number of aliphatic hydroxyl groups excluding tert-OH is 1. The molecule has 4 saturated carbocycles. The molecule has 0 bridgehead atoms. The Hall–Kier alpha value is -0.830. The van der Waals surface area contributed by atoms with Crippen molar-refractivity contribution >= 4 is 5.97 Å². The second kappa shape index (κ2) is 6.89. The van der Waals surface area contributed by atoms with Crippen LogP contribution < -0.4 is 0 Å². The highest BCUT2D eigenvalue weighted by Crippen LogP contribution is 2.75. The molecule has 0 aromatic rings. The topological polar surface area (TPSA) is 57.5 Å². The van der Waals surface area contributed by atoms with Gasteiger partial charge in [-0.1, -0.05) is 53.2 Å². The van der Waals surface area contributed by atoms with E-state index < -0.39 is 11.4 Å². The minimum absolute atomic E-state index is 0.0168. The SMILES string of the molecule is CC1(C)C2CC[C@]3(C)C(CC=C4C5C[C@](C)(C(=O)O)CC[C@]5(C)CC[C@]43C)[C@@]2(C)CC[C@@H]1O. The van der Waals surface area contributed by atoms with Gasteiger partial charge in [0, 0.05) is 0 Å². The van der Waals surface area contributed by atoms with Gasteiger partial charge in [-0.15, -0.1) is 0 Å². The normalized spacial score (nSPS) is 55.3. The van der Waals surface area contributed by atoms with Gasteiger partial charge in [-0.3, -0.25) is 4.79 Å². The molecule has 0 aliphatic heterocycles. The monoisotopic (exact) mass is 456 g/mol. The van der Waals surface area contributed by atoms with Crippen molar-refractivity contribution in [1.29, 1.82) is 0 Å². The quantitative estimate of drug-likeness (QED) is 0.409. The van der Waals surface area contributed by atoms with Crippen LogP contribution in [0.3, 0.4) is 0 Å². The van der Waals surface area contributed by atoms with Crippen LogP contribution in [0.1, 0.15) is 113 Å².